The molecule has 1 aliphatic heterocycles. The maximum Gasteiger partial charge on any atom is 0.411 e. The van der Waals surface area contributed by atoms with Crippen molar-refractivity contribution in [2.75, 3.05) is 11.9 Å². The van der Waals surface area contributed by atoms with E-state index in [-0.39, 0.29) is 12.5 Å². The van der Waals surface area contributed by atoms with Crippen molar-refractivity contribution in [1.29, 1.82) is 0 Å². The molecule has 0 saturated carbocycles. The first-order chi connectivity index (χ1) is 14.2. The number of H-pyrrole nitrogens is 1. The summed E-state index contributed by atoms with van der Waals surface area (Å²) in [5.41, 5.74) is 4.19. The lowest BCUT2D eigenvalue weighted by Crippen LogP contribution is -2.18. The molecular weight excluding hydrogens is 368 g/mol. The summed E-state index contributed by atoms with van der Waals surface area (Å²) in [5.74, 6) is 1.14. The monoisotopic (exact) mass is 388 g/mol. The average Bonchev–Trinajstić information content (AvgIpc) is 3.26. The molecule has 2 aromatic carbocycles. The molecular formula is C22H20N4O3. The summed E-state index contributed by atoms with van der Waals surface area (Å²) in [6, 6.07) is 12.6. The second-order valence-corrected chi connectivity index (χ2v) is 6.85. The number of carbonyl (C=O) groups is 1. The van der Waals surface area contributed by atoms with Crippen molar-refractivity contribution in [3.8, 4) is 5.75 Å². The summed E-state index contributed by atoms with van der Waals surface area (Å²) in [7, 11) is 0. The molecule has 1 amide bonds. The first-order valence-corrected chi connectivity index (χ1v) is 9.35. The summed E-state index contributed by atoms with van der Waals surface area (Å²) in [6.45, 7) is 7.77. The third-order valence-corrected chi connectivity index (χ3v) is 4.88. The number of carbonyl (C=O) groups excluding carboxylic acids is 1. The summed E-state index contributed by atoms with van der Waals surface area (Å²) in [4.78, 5) is 22.8. The van der Waals surface area contributed by atoms with Gasteiger partial charge >= 0.3 is 6.09 Å². The van der Waals surface area contributed by atoms with Crippen molar-refractivity contribution in [2.24, 2.45) is 0 Å². The van der Waals surface area contributed by atoms with Gasteiger partial charge in [-0.3, -0.25) is 5.32 Å². The van der Waals surface area contributed by atoms with Crippen molar-refractivity contribution in [3.63, 3.8) is 0 Å². The molecule has 29 heavy (non-hydrogen) atoms. The number of nitrogens with zero attached hydrogens (tertiary/aromatic N) is 2. The van der Waals surface area contributed by atoms with Gasteiger partial charge in [-0.05, 0) is 48.1 Å². The number of hydrogen-bond acceptors (Lipinski definition) is 4. The fraction of sp³-hybridized carbons (Fsp3) is 0.227. The Morgan fingerprint density at radius 1 is 1.31 bits per heavy atom. The second-order valence-electron chi connectivity index (χ2n) is 6.85. The van der Waals surface area contributed by atoms with Crippen LogP contribution in [0, 0.1) is 6.57 Å². The number of anilines is 1. The van der Waals surface area contributed by atoms with Gasteiger partial charge in [0.25, 0.3) is 0 Å². The summed E-state index contributed by atoms with van der Waals surface area (Å²) < 4.78 is 11.1. The minimum atomic E-state index is -0.527. The maximum absolute atomic E-state index is 12.2. The van der Waals surface area contributed by atoms with Crippen LogP contribution in [0.15, 0.2) is 55.0 Å². The molecule has 1 atom stereocenters. The van der Waals surface area contributed by atoms with Gasteiger partial charge in [-0.25, -0.2) is 14.6 Å². The van der Waals surface area contributed by atoms with E-state index >= 15 is 0 Å². The number of rotatable bonds is 5. The summed E-state index contributed by atoms with van der Waals surface area (Å²) in [6.07, 6.45) is 4.73. The minimum Gasteiger partial charge on any atom is -0.493 e. The van der Waals surface area contributed by atoms with Crippen molar-refractivity contribution in [3.05, 3.63) is 83.2 Å². The van der Waals surface area contributed by atoms with E-state index in [9.17, 15) is 4.79 Å². The number of ether oxygens (including phenoxy) is 2. The number of fused-ring (bicyclic) bond motifs is 1. The Morgan fingerprint density at radius 3 is 2.93 bits per heavy atom. The zero-order chi connectivity index (χ0) is 20.1. The summed E-state index contributed by atoms with van der Waals surface area (Å²) >= 11 is 0. The van der Waals surface area contributed by atoms with E-state index < -0.39 is 6.09 Å². The molecule has 1 aromatic heterocycles. The number of aromatic nitrogens is 2. The van der Waals surface area contributed by atoms with E-state index in [2.05, 4.69) is 20.1 Å². The van der Waals surface area contributed by atoms with Crippen molar-refractivity contribution < 1.29 is 14.3 Å². The molecule has 1 aliphatic rings. The van der Waals surface area contributed by atoms with Crippen LogP contribution in [-0.4, -0.2) is 22.7 Å². The van der Waals surface area contributed by atoms with Gasteiger partial charge in [0, 0.05) is 17.6 Å². The number of nitrogens with one attached hydrogen (secondary N) is 2. The van der Waals surface area contributed by atoms with Crippen LogP contribution >= 0.6 is 0 Å². The molecule has 4 rings (SSSR count). The average molecular weight is 388 g/mol. The Labute approximate surface area is 168 Å². The number of hydrogen-bond donors (Lipinski definition) is 2. The van der Waals surface area contributed by atoms with E-state index in [0.29, 0.717) is 18.0 Å². The van der Waals surface area contributed by atoms with E-state index in [1.807, 2.05) is 24.4 Å². The van der Waals surface area contributed by atoms with E-state index in [4.69, 9.17) is 16.0 Å². The lowest BCUT2D eigenvalue weighted by Gasteiger charge is -2.26. The topological polar surface area (TPSA) is 80.6 Å². The van der Waals surface area contributed by atoms with Crippen LogP contribution in [0.5, 0.6) is 5.75 Å². The van der Waals surface area contributed by atoms with E-state index in [1.165, 1.54) is 0 Å². The molecule has 0 aliphatic carbocycles. The van der Waals surface area contributed by atoms with Gasteiger partial charge in [-0.2, -0.15) is 0 Å². The molecule has 0 saturated heterocycles. The molecule has 7 heteroatoms. The largest absolute Gasteiger partial charge is 0.493 e. The van der Waals surface area contributed by atoms with E-state index in [0.717, 1.165) is 35.4 Å². The smallest absolute Gasteiger partial charge is 0.411 e. The maximum atomic E-state index is 12.2. The Bertz CT molecular complexity index is 1020. The first kappa shape index (κ1) is 18.6. The SMILES string of the molecule is [C-]#[N+]c1ccc(COC(=O)Nc2ccc3c(c2)C(Cc2cnc[nH]2)CCO3)cc1. The highest BCUT2D eigenvalue weighted by Gasteiger charge is 2.23. The van der Waals surface area contributed by atoms with Gasteiger partial charge < -0.3 is 14.5 Å². The lowest BCUT2D eigenvalue weighted by atomic mass is 9.89. The van der Waals surface area contributed by atoms with Crippen LogP contribution in [0.2, 0.25) is 0 Å². The zero-order valence-electron chi connectivity index (χ0n) is 15.7. The molecule has 0 fully saturated rings. The van der Waals surface area contributed by atoms with Gasteiger partial charge in [-0.1, -0.05) is 24.3 Å². The van der Waals surface area contributed by atoms with Crippen LogP contribution < -0.4 is 10.1 Å². The fourth-order valence-corrected chi connectivity index (χ4v) is 3.39. The number of benzene rings is 2. The molecule has 7 nitrogen and oxygen atoms in total. The Balaban J connectivity index is 1.39. The number of imidazole rings is 1. The lowest BCUT2D eigenvalue weighted by molar-refractivity contribution is 0.155. The van der Waals surface area contributed by atoms with Crippen molar-refractivity contribution in [1.82, 2.24) is 9.97 Å². The van der Waals surface area contributed by atoms with Gasteiger partial charge in [-0.15, -0.1) is 0 Å². The molecule has 2 N–H and O–H groups in total. The summed E-state index contributed by atoms with van der Waals surface area (Å²) in [5, 5.41) is 2.78. The highest BCUT2D eigenvalue weighted by atomic mass is 16.5. The molecule has 2 heterocycles. The van der Waals surface area contributed by atoms with Gasteiger partial charge in [0.15, 0.2) is 5.69 Å². The highest BCUT2D eigenvalue weighted by molar-refractivity contribution is 5.85. The van der Waals surface area contributed by atoms with Crippen LogP contribution in [0.25, 0.3) is 4.85 Å². The zero-order valence-corrected chi connectivity index (χ0v) is 15.7. The van der Waals surface area contributed by atoms with Crippen LogP contribution in [0.1, 0.15) is 29.2 Å². The molecule has 0 bridgehead atoms. The molecule has 3 aromatic rings. The number of aromatic amines is 1. The number of amides is 1. The van der Waals surface area contributed by atoms with Crippen LogP contribution in [0.4, 0.5) is 16.2 Å². The third-order valence-electron chi connectivity index (χ3n) is 4.88. The third kappa shape index (κ3) is 4.55. The molecule has 0 radical (unpaired) electrons. The van der Waals surface area contributed by atoms with Crippen LogP contribution in [0.3, 0.4) is 0 Å². The predicted octanol–water partition coefficient (Wildman–Crippen LogP) is 4.82. The molecule has 0 spiro atoms. The Morgan fingerprint density at radius 2 is 2.17 bits per heavy atom. The second kappa shape index (κ2) is 8.48. The van der Waals surface area contributed by atoms with Crippen LogP contribution in [-0.2, 0) is 17.8 Å². The van der Waals surface area contributed by atoms with Gasteiger partial charge in [0.05, 0.1) is 19.5 Å². The minimum absolute atomic E-state index is 0.139. The Hall–Kier alpha value is -3.79. The van der Waals surface area contributed by atoms with E-state index in [1.54, 1.807) is 30.6 Å². The molecule has 146 valence electrons. The fourth-order valence-electron chi connectivity index (χ4n) is 3.39. The van der Waals surface area contributed by atoms with Gasteiger partial charge in [0.2, 0.25) is 0 Å². The normalized spacial score (nSPS) is 14.9. The van der Waals surface area contributed by atoms with Crippen molar-refractivity contribution in [2.45, 2.75) is 25.4 Å². The first-order valence-electron chi connectivity index (χ1n) is 9.35. The van der Waals surface area contributed by atoms with Gasteiger partial charge in [0.1, 0.15) is 12.4 Å². The quantitative estimate of drug-likeness (QED) is 0.614. The Kier molecular flexibility index (Phi) is 5.43. The predicted molar refractivity (Wildman–Crippen MR) is 108 cm³/mol. The molecule has 1 unspecified atom stereocenters. The standard InChI is InChI=1S/C22H20N4O3/c1-23-17-4-2-15(3-5-17)13-29-22(27)26-18-6-7-21-20(11-18)16(8-9-28-21)10-19-12-24-14-25-19/h2-7,11-12,14,16H,8-10,13H2,(H,24,25)(H,26,27). The van der Waals surface area contributed by atoms with Crippen molar-refractivity contribution >= 4 is 17.5 Å². The highest BCUT2D eigenvalue weighted by Crippen LogP contribution is 2.37.